The van der Waals surface area contributed by atoms with Gasteiger partial charge in [-0.05, 0) is 0 Å². The first kappa shape index (κ1) is 9.44. The van der Waals surface area contributed by atoms with Crippen LogP contribution in [0.3, 0.4) is 0 Å². The molecule has 0 aromatic rings. The van der Waals surface area contributed by atoms with Gasteiger partial charge in [-0.2, -0.15) is 6.08 Å². The molecule has 0 aliphatic heterocycles. The molecule has 0 rings (SSSR count). The van der Waals surface area contributed by atoms with Gasteiger partial charge in [0.05, 0.1) is 0 Å². The van der Waals surface area contributed by atoms with Crippen LogP contribution in [0.15, 0.2) is 18.2 Å². The van der Waals surface area contributed by atoms with Crippen molar-refractivity contribution in [2.24, 2.45) is 0 Å². The van der Waals surface area contributed by atoms with Crippen LogP contribution in [0.2, 0.25) is 0 Å². The smallest absolute Gasteiger partial charge is 0 e. The van der Waals surface area contributed by atoms with E-state index in [0.717, 1.165) is 0 Å². The van der Waals surface area contributed by atoms with E-state index in [0.29, 0.717) is 0 Å². The van der Waals surface area contributed by atoms with Gasteiger partial charge in [0.25, 0.3) is 0 Å². The van der Waals surface area contributed by atoms with Crippen LogP contribution in [0.25, 0.3) is 0 Å². The Hall–Kier alpha value is 0.103. The normalized spacial score (nSPS) is 7.50. The average Bonchev–Trinajstić information content (AvgIpc) is 1.41. The summed E-state index contributed by atoms with van der Waals surface area (Å²) in [5, 5.41) is 0. The van der Waals surface area contributed by atoms with Crippen LogP contribution in [0.1, 0.15) is 6.92 Å². The Bertz CT molecular complexity index is 45.9. The summed E-state index contributed by atoms with van der Waals surface area (Å²) in [4.78, 5) is 0. The molecule has 1 heteroatoms. The van der Waals surface area contributed by atoms with Crippen LogP contribution >= 0.6 is 0 Å². The van der Waals surface area contributed by atoms with E-state index in [1.807, 2.05) is 13.0 Å². The van der Waals surface area contributed by atoms with Crippen molar-refractivity contribution >= 4 is 0 Å². The van der Waals surface area contributed by atoms with Gasteiger partial charge in [-0.15, -0.1) is 0 Å². The summed E-state index contributed by atoms with van der Waals surface area (Å²) in [5.41, 5.74) is 0. The van der Waals surface area contributed by atoms with E-state index < -0.39 is 0 Å². The molecule has 37 valence electrons. The SMILES string of the molecule is [CH-]=CC=CC.[Rh]. The fraction of sp³-hybridized carbons (Fsp3) is 0.200. The molecule has 0 fully saturated rings. The second kappa shape index (κ2) is 8.92. The molecule has 0 aliphatic rings. The standard InChI is InChI=1S/C5H7.Rh/c1-3-5-4-2;/h1,3-5H,2H3;/q-1;. The Labute approximate surface area is 51.7 Å². The van der Waals surface area contributed by atoms with Gasteiger partial charge in [0.2, 0.25) is 0 Å². The van der Waals surface area contributed by atoms with E-state index in [4.69, 9.17) is 6.58 Å². The maximum Gasteiger partial charge on any atom is 0 e. The molecule has 6 heavy (non-hydrogen) atoms. The molecular formula is C5H7Rh-. The van der Waals surface area contributed by atoms with Crippen molar-refractivity contribution in [2.75, 3.05) is 0 Å². The topological polar surface area (TPSA) is 0 Å². The van der Waals surface area contributed by atoms with Gasteiger partial charge in [0.1, 0.15) is 0 Å². The predicted octanol–water partition coefficient (Wildman–Crippen LogP) is 1.55. The summed E-state index contributed by atoms with van der Waals surface area (Å²) in [5.74, 6) is 0. The second-order valence-corrected chi connectivity index (χ2v) is 0.718. The van der Waals surface area contributed by atoms with Gasteiger partial charge in [-0.3, -0.25) is 6.58 Å². The molecule has 0 N–H and O–H groups in total. The first-order valence-electron chi connectivity index (χ1n) is 1.58. The first-order chi connectivity index (χ1) is 2.41. The van der Waals surface area contributed by atoms with Crippen molar-refractivity contribution < 1.29 is 19.5 Å². The Morgan fingerprint density at radius 1 is 1.50 bits per heavy atom. The monoisotopic (exact) mass is 170 g/mol. The molecule has 0 nitrogen and oxygen atoms in total. The summed E-state index contributed by atoms with van der Waals surface area (Å²) < 4.78 is 0. The van der Waals surface area contributed by atoms with Gasteiger partial charge in [-0.1, -0.05) is 6.92 Å². The molecule has 0 unspecified atom stereocenters. The zero-order valence-electron chi connectivity index (χ0n) is 3.64. The minimum Gasteiger partial charge on any atom is -0.293 e. The fourth-order valence-electron chi connectivity index (χ4n) is 0.111. The van der Waals surface area contributed by atoms with Crippen LogP contribution in [-0.2, 0) is 19.5 Å². The third-order valence-electron chi connectivity index (χ3n) is 0.304. The molecule has 0 amide bonds. The van der Waals surface area contributed by atoms with Crippen molar-refractivity contribution in [3.05, 3.63) is 24.8 Å². The Morgan fingerprint density at radius 3 is 2.00 bits per heavy atom. The molecule has 1 radical (unpaired) electrons. The maximum absolute atomic E-state index is 4.93. The molecule has 0 saturated heterocycles. The molecule has 0 heterocycles. The summed E-state index contributed by atoms with van der Waals surface area (Å²) in [6.45, 7) is 6.85. The number of hydrogen-bond donors (Lipinski definition) is 0. The van der Waals surface area contributed by atoms with Crippen molar-refractivity contribution in [2.45, 2.75) is 6.92 Å². The quantitative estimate of drug-likeness (QED) is 0.318. The minimum absolute atomic E-state index is 0. The van der Waals surface area contributed by atoms with Crippen molar-refractivity contribution in [3.8, 4) is 0 Å². The molecule has 0 bridgehead atoms. The molecular weight excluding hydrogens is 163 g/mol. The van der Waals surface area contributed by atoms with Gasteiger partial charge in [0, 0.05) is 19.5 Å². The summed E-state index contributed by atoms with van der Waals surface area (Å²) in [6, 6.07) is 0. The number of allylic oxidation sites excluding steroid dienone is 3. The zero-order chi connectivity index (χ0) is 4.12. The van der Waals surface area contributed by atoms with Crippen molar-refractivity contribution in [1.82, 2.24) is 0 Å². The van der Waals surface area contributed by atoms with E-state index in [2.05, 4.69) is 0 Å². The van der Waals surface area contributed by atoms with Gasteiger partial charge >= 0.3 is 0 Å². The first-order valence-corrected chi connectivity index (χ1v) is 1.58. The van der Waals surface area contributed by atoms with E-state index in [1.54, 1.807) is 6.08 Å². The molecule has 0 spiro atoms. The van der Waals surface area contributed by atoms with Crippen LogP contribution in [0.4, 0.5) is 0 Å². The zero-order valence-corrected chi connectivity index (χ0v) is 5.28. The Morgan fingerprint density at radius 2 is 2.00 bits per heavy atom. The molecule has 0 aliphatic carbocycles. The van der Waals surface area contributed by atoms with Gasteiger partial charge in [-0.25, -0.2) is 12.2 Å². The molecule has 0 aromatic heterocycles. The van der Waals surface area contributed by atoms with Crippen molar-refractivity contribution in [1.29, 1.82) is 0 Å². The summed E-state index contributed by atoms with van der Waals surface area (Å²) in [6.07, 6.45) is 5.15. The predicted molar refractivity (Wildman–Crippen MR) is 23.7 cm³/mol. The molecule has 0 atom stereocenters. The largest absolute Gasteiger partial charge is 0.293 e. The Balaban J connectivity index is 0. The van der Waals surface area contributed by atoms with Gasteiger partial charge in [0.15, 0.2) is 0 Å². The number of rotatable bonds is 1. The summed E-state index contributed by atoms with van der Waals surface area (Å²) in [7, 11) is 0. The second-order valence-electron chi connectivity index (χ2n) is 0.718. The van der Waals surface area contributed by atoms with E-state index in [-0.39, 0.29) is 19.5 Å². The van der Waals surface area contributed by atoms with Gasteiger partial charge < -0.3 is 0 Å². The van der Waals surface area contributed by atoms with Crippen LogP contribution in [0, 0.1) is 6.58 Å². The fourth-order valence-corrected chi connectivity index (χ4v) is 0.111. The molecule has 0 aromatic carbocycles. The van der Waals surface area contributed by atoms with E-state index >= 15 is 0 Å². The average molecular weight is 170 g/mol. The third-order valence-corrected chi connectivity index (χ3v) is 0.304. The van der Waals surface area contributed by atoms with Crippen molar-refractivity contribution in [3.63, 3.8) is 0 Å². The summed E-state index contributed by atoms with van der Waals surface area (Å²) >= 11 is 0. The minimum atomic E-state index is 0. The number of hydrogen-bond acceptors (Lipinski definition) is 0. The van der Waals surface area contributed by atoms with Crippen LogP contribution < -0.4 is 0 Å². The maximum atomic E-state index is 4.93. The third kappa shape index (κ3) is 8.93. The van der Waals surface area contributed by atoms with E-state index in [9.17, 15) is 0 Å². The van der Waals surface area contributed by atoms with E-state index in [1.165, 1.54) is 6.08 Å². The van der Waals surface area contributed by atoms with Crippen LogP contribution in [-0.4, -0.2) is 0 Å². The Kier molecular flexibility index (Phi) is 14.0. The van der Waals surface area contributed by atoms with Crippen LogP contribution in [0.5, 0.6) is 0 Å². The molecule has 0 saturated carbocycles.